The van der Waals surface area contributed by atoms with Crippen LogP contribution in [-0.2, 0) is 10.0 Å². The molecule has 0 saturated heterocycles. The van der Waals surface area contributed by atoms with E-state index in [0.29, 0.717) is 18.3 Å². The van der Waals surface area contributed by atoms with Crippen molar-refractivity contribution in [2.45, 2.75) is 56.9 Å². The Balaban J connectivity index is 2.18. The van der Waals surface area contributed by atoms with Crippen LogP contribution in [0.4, 0.5) is 5.82 Å². The zero-order valence-electron chi connectivity index (χ0n) is 12.8. The van der Waals surface area contributed by atoms with Gasteiger partial charge in [-0.15, -0.1) is 0 Å². The first-order valence-electron chi connectivity index (χ1n) is 7.76. The number of sulfonamides is 1. The minimum Gasteiger partial charge on any atom is -0.369 e. The Morgan fingerprint density at radius 2 is 2.10 bits per heavy atom. The van der Waals surface area contributed by atoms with Gasteiger partial charge >= 0.3 is 0 Å². The largest absolute Gasteiger partial charge is 0.369 e. The van der Waals surface area contributed by atoms with E-state index >= 15 is 0 Å². The van der Waals surface area contributed by atoms with Gasteiger partial charge in [0, 0.05) is 18.8 Å². The molecule has 2 unspecified atom stereocenters. The van der Waals surface area contributed by atoms with E-state index in [2.05, 4.69) is 21.9 Å². The summed E-state index contributed by atoms with van der Waals surface area (Å²) in [7, 11) is -3.53. The summed E-state index contributed by atoms with van der Waals surface area (Å²) in [4.78, 5) is 4.41. The van der Waals surface area contributed by atoms with Crippen molar-refractivity contribution in [1.29, 1.82) is 0 Å². The van der Waals surface area contributed by atoms with Crippen molar-refractivity contribution >= 4 is 15.8 Å². The third kappa shape index (κ3) is 4.17. The summed E-state index contributed by atoms with van der Waals surface area (Å²) in [6.45, 7) is 4.86. The van der Waals surface area contributed by atoms with Crippen LogP contribution >= 0.6 is 0 Å². The third-order valence-electron chi connectivity index (χ3n) is 4.02. The molecule has 0 amide bonds. The summed E-state index contributed by atoms with van der Waals surface area (Å²) in [5.74, 6) is 0.826. The number of pyridine rings is 1. The lowest BCUT2D eigenvalue weighted by molar-refractivity contribution is 0.310. The van der Waals surface area contributed by atoms with E-state index in [1.807, 2.05) is 6.92 Å². The van der Waals surface area contributed by atoms with Gasteiger partial charge in [0.15, 0.2) is 0 Å². The van der Waals surface area contributed by atoms with Gasteiger partial charge in [0.2, 0.25) is 10.0 Å². The smallest absolute Gasteiger partial charge is 0.244 e. The van der Waals surface area contributed by atoms with E-state index in [1.54, 1.807) is 18.3 Å². The summed E-state index contributed by atoms with van der Waals surface area (Å²) < 4.78 is 28.1. The summed E-state index contributed by atoms with van der Waals surface area (Å²) >= 11 is 0. The normalized spacial score (nSPS) is 23.0. The fourth-order valence-corrected chi connectivity index (χ4v) is 4.25. The van der Waals surface area contributed by atoms with Gasteiger partial charge in [0.25, 0.3) is 0 Å². The summed E-state index contributed by atoms with van der Waals surface area (Å²) in [6.07, 6.45) is 6.81. The standard InChI is InChI=1S/C15H25N3O2S/c1-3-10-16-15-14(9-6-11-17-15)21(19,20)18-13-8-5-4-7-12(13)2/h6,9,11-13,18H,3-5,7-8,10H2,1-2H3,(H,16,17). The van der Waals surface area contributed by atoms with Crippen LogP contribution in [0.5, 0.6) is 0 Å². The molecule has 1 fully saturated rings. The highest BCUT2D eigenvalue weighted by Crippen LogP contribution is 2.26. The molecule has 2 atom stereocenters. The van der Waals surface area contributed by atoms with Gasteiger partial charge in [-0.25, -0.2) is 18.1 Å². The minimum absolute atomic E-state index is 0.0305. The topological polar surface area (TPSA) is 71.1 Å². The molecule has 2 N–H and O–H groups in total. The maximum atomic E-state index is 12.6. The molecule has 21 heavy (non-hydrogen) atoms. The summed E-state index contributed by atoms with van der Waals surface area (Å²) in [5, 5.41) is 3.09. The molecule has 118 valence electrons. The quantitative estimate of drug-likeness (QED) is 0.847. The van der Waals surface area contributed by atoms with Gasteiger partial charge in [0.05, 0.1) is 0 Å². The molecule has 1 aromatic heterocycles. The van der Waals surface area contributed by atoms with Crippen LogP contribution in [0.3, 0.4) is 0 Å². The predicted molar refractivity (Wildman–Crippen MR) is 84.8 cm³/mol. The Kier molecular flexibility index (Phi) is 5.58. The van der Waals surface area contributed by atoms with Crippen LogP contribution in [0.1, 0.15) is 46.0 Å². The highest BCUT2D eigenvalue weighted by molar-refractivity contribution is 7.89. The van der Waals surface area contributed by atoms with Crippen molar-refractivity contribution < 1.29 is 8.42 Å². The van der Waals surface area contributed by atoms with Gasteiger partial charge in [-0.3, -0.25) is 0 Å². The highest BCUT2D eigenvalue weighted by atomic mass is 32.2. The van der Waals surface area contributed by atoms with Gasteiger partial charge in [-0.2, -0.15) is 0 Å². The molecule has 0 aliphatic heterocycles. The molecule has 0 spiro atoms. The van der Waals surface area contributed by atoms with E-state index in [9.17, 15) is 8.42 Å². The second-order valence-electron chi connectivity index (χ2n) is 5.77. The molecule has 0 bridgehead atoms. The van der Waals surface area contributed by atoms with Crippen LogP contribution in [0.15, 0.2) is 23.2 Å². The molecular formula is C15H25N3O2S. The Hall–Kier alpha value is -1.14. The number of hydrogen-bond acceptors (Lipinski definition) is 4. The fraction of sp³-hybridized carbons (Fsp3) is 0.667. The molecule has 1 saturated carbocycles. The van der Waals surface area contributed by atoms with Crippen LogP contribution in [-0.4, -0.2) is 26.0 Å². The monoisotopic (exact) mass is 311 g/mol. The Bertz CT molecular complexity index is 560. The van der Waals surface area contributed by atoms with Gasteiger partial charge < -0.3 is 5.32 Å². The van der Waals surface area contributed by atoms with Gasteiger partial charge in [0.1, 0.15) is 10.7 Å². The maximum Gasteiger partial charge on any atom is 0.244 e. The van der Waals surface area contributed by atoms with E-state index in [4.69, 9.17) is 0 Å². The number of rotatable bonds is 6. The first-order chi connectivity index (χ1) is 10.0. The summed E-state index contributed by atoms with van der Waals surface area (Å²) in [6, 6.07) is 3.31. The molecule has 1 aliphatic carbocycles. The zero-order valence-corrected chi connectivity index (χ0v) is 13.6. The number of aromatic nitrogens is 1. The SMILES string of the molecule is CCCNc1ncccc1S(=O)(=O)NC1CCCCC1C. The average Bonchev–Trinajstić information content (AvgIpc) is 2.47. The molecule has 0 aromatic carbocycles. The second-order valence-corrected chi connectivity index (χ2v) is 7.45. The van der Waals surface area contributed by atoms with Crippen LogP contribution in [0.2, 0.25) is 0 Å². The molecule has 1 heterocycles. The van der Waals surface area contributed by atoms with Crippen molar-refractivity contribution in [2.75, 3.05) is 11.9 Å². The van der Waals surface area contributed by atoms with Crippen molar-refractivity contribution in [1.82, 2.24) is 9.71 Å². The van der Waals surface area contributed by atoms with Crippen LogP contribution < -0.4 is 10.0 Å². The van der Waals surface area contributed by atoms with Crippen molar-refractivity contribution in [3.05, 3.63) is 18.3 Å². The fourth-order valence-electron chi connectivity index (χ4n) is 2.74. The Labute approximate surface area is 127 Å². The average molecular weight is 311 g/mol. The Morgan fingerprint density at radius 3 is 2.81 bits per heavy atom. The minimum atomic E-state index is -3.53. The number of nitrogens with one attached hydrogen (secondary N) is 2. The van der Waals surface area contributed by atoms with Gasteiger partial charge in [-0.05, 0) is 37.3 Å². The molecule has 0 radical (unpaired) electrons. The van der Waals surface area contributed by atoms with E-state index in [0.717, 1.165) is 25.7 Å². The molecule has 6 heteroatoms. The lowest BCUT2D eigenvalue weighted by atomic mass is 9.87. The van der Waals surface area contributed by atoms with Crippen molar-refractivity contribution in [3.8, 4) is 0 Å². The highest BCUT2D eigenvalue weighted by Gasteiger charge is 2.28. The maximum absolute atomic E-state index is 12.6. The van der Waals surface area contributed by atoms with Crippen LogP contribution in [0.25, 0.3) is 0 Å². The van der Waals surface area contributed by atoms with E-state index in [1.165, 1.54) is 6.42 Å². The van der Waals surface area contributed by atoms with Gasteiger partial charge in [-0.1, -0.05) is 26.7 Å². The molecule has 1 aliphatic rings. The molecule has 1 aromatic rings. The first-order valence-corrected chi connectivity index (χ1v) is 9.24. The third-order valence-corrected chi connectivity index (χ3v) is 5.54. The lowest BCUT2D eigenvalue weighted by Gasteiger charge is -2.29. The number of hydrogen-bond donors (Lipinski definition) is 2. The number of anilines is 1. The summed E-state index contributed by atoms with van der Waals surface area (Å²) in [5.41, 5.74) is 0. The van der Waals surface area contributed by atoms with Crippen LogP contribution in [0, 0.1) is 5.92 Å². The lowest BCUT2D eigenvalue weighted by Crippen LogP contribution is -2.41. The Morgan fingerprint density at radius 1 is 1.33 bits per heavy atom. The van der Waals surface area contributed by atoms with Crippen molar-refractivity contribution in [3.63, 3.8) is 0 Å². The molecular weight excluding hydrogens is 286 g/mol. The molecule has 2 rings (SSSR count). The first kappa shape index (κ1) is 16.2. The second kappa shape index (κ2) is 7.22. The predicted octanol–water partition coefficient (Wildman–Crippen LogP) is 2.76. The molecule has 5 nitrogen and oxygen atoms in total. The van der Waals surface area contributed by atoms with Crippen molar-refractivity contribution in [2.24, 2.45) is 5.92 Å². The van der Waals surface area contributed by atoms with E-state index < -0.39 is 10.0 Å². The number of nitrogens with zero attached hydrogens (tertiary/aromatic N) is 1. The zero-order chi connectivity index (χ0) is 15.3. The van der Waals surface area contributed by atoms with E-state index in [-0.39, 0.29) is 10.9 Å².